The number of rotatable bonds is 6. The number of carbonyl (C=O) groups excluding carboxylic acids is 1. The Bertz CT molecular complexity index is 983. The molecule has 1 aliphatic heterocycles. The molecule has 2 N–H and O–H groups in total. The Kier molecular flexibility index (Phi) is 7.49. The number of ether oxygens (including phenoxy) is 1. The van der Waals surface area contributed by atoms with Crippen LogP contribution in [0.25, 0.3) is 10.8 Å². The molecule has 0 spiro atoms. The Labute approximate surface area is 183 Å². The molecule has 1 atom stereocenters. The van der Waals surface area contributed by atoms with Crippen molar-refractivity contribution in [3.63, 3.8) is 0 Å². The van der Waals surface area contributed by atoms with Crippen LogP contribution in [0.4, 0.5) is 5.69 Å². The first-order valence-electron chi connectivity index (χ1n) is 9.98. The molecule has 30 heavy (non-hydrogen) atoms. The van der Waals surface area contributed by atoms with Gasteiger partial charge in [-0.2, -0.15) is 0 Å². The van der Waals surface area contributed by atoms with Gasteiger partial charge in [-0.15, -0.1) is 12.4 Å². The monoisotopic (exact) mass is 426 g/mol. The zero-order chi connectivity index (χ0) is 20.1. The first kappa shape index (κ1) is 21.9. The molecule has 158 valence electrons. The van der Waals surface area contributed by atoms with Crippen molar-refractivity contribution in [3.05, 3.63) is 66.5 Å². The Morgan fingerprint density at radius 3 is 2.87 bits per heavy atom. The van der Waals surface area contributed by atoms with Crippen molar-refractivity contribution >= 4 is 34.8 Å². The van der Waals surface area contributed by atoms with Crippen LogP contribution in [-0.2, 0) is 0 Å². The molecule has 1 fully saturated rings. The Morgan fingerprint density at radius 1 is 1.23 bits per heavy atom. The Morgan fingerprint density at radius 2 is 2.07 bits per heavy atom. The van der Waals surface area contributed by atoms with Gasteiger partial charge in [-0.3, -0.25) is 9.78 Å². The molecule has 4 rings (SSSR count). The molecular formula is C23H27ClN4O2. The quantitative estimate of drug-likeness (QED) is 0.633. The van der Waals surface area contributed by atoms with Crippen LogP contribution in [0.3, 0.4) is 0 Å². The predicted molar refractivity (Wildman–Crippen MR) is 123 cm³/mol. The molecule has 6 nitrogen and oxygen atoms in total. The van der Waals surface area contributed by atoms with Gasteiger partial charge in [0.2, 0.25) is 0 Å². The lowest BCUT2D eigenvalue weighted by Gasteiger charge is -2.39. The molecule has 1 aliphatic rings. The summed E-state index contributed by atoms with van der Waals surface area (Å²) in [6, 6.07) is 16.4. The highest BCUT2D eigenvalue weighted by molar-refractivity contribution is 5.95. The van der Waals surface area contributed by atoms with Crippen LogP contribution in [0.2, 0.25) is 0 Å². The van der Waals surface area contributed by atoms with Crippen LogP contribution < -0.4 is 20.3 Å². The second-order valence-electron chi connectivity index (χ2n) is 7.20. The fourth-order valence-corrected chi connectivity index (χ4v) is 3.91. The summed E-state index contributed by atoms with van der Waals surface area (Å²) >= 11 is 0. The molecule has 2 heterocycles. The zero-order valence-corrected chi connectivity index (χ0v) is 17.8. The summed E-state index contributed by atoms with van der Waals surface area (Å²) in [6.45, 7) is 3.39. The molecule has 3 aromatic rings. The van der Waals surface area contributed by atoms with Gasteiger partial charge >= 0.3 is 0 Å². The minimum absolute atomic E-state index is 0. The van der Waals surface area contributed by atoms with E-state index in [-0.39, 0.29) is 18.3 Å². The van der Waals surface area contributed by atoms with E-state index in [2.05, 4.69) is 50.8 Å². The molecular weight excluding hydrogens is 400 g/mol. The lowest BCUT2D eigenvalue weighted by Crippen LogP contribution is -2.52. The van der Waals surface area contributed by atoms with Crippen molar-refractivity contribution in [2.45, 2.75) is 12.5 Å². The number of methoxy groups -OCH3 is 1. The van der Waals surface area contributed by atoms with Gasteiger partial charge in [0.15, 0.2) is 0 Å². The number of piperazine rings is 1. The number of nitrogens with zero attached hydrogens (tertiary/aromatic N) is 2. The molecule has 1 saturated heterocycles. The SMILES string of the molecule is COc1ccc2cccc(N3CCNCC3CCNC(=O)c3ccncc3)c2c1.Cl. The summed E-state index contributed by atoms with van der Waals surface area (Å²) in [4.78, 5) is 18.7. The second kappa shape index (κ2) is 10.3. The van der Waals surface area contributed by atoms with Gasteiger partial charge in [-0.1, -0.05) is 18.2 Å². The normalized spacial score (nSPS) is 16.0. The van der Waals surface area contributed by atoms with Gasteiger partial charge in [0.1, 0.15) is 5.75 Å². The maximum absolute atomic E-state index is 12.3. The third-order valence-corrected chi connectivity index (χ3v) is 5.43. The number of hydrogen-bond acceptors (Lipinski definition) is 5. The molecule has 1 unspecified atom stereocenters. The maximum atomic E-state index is 12.3. The number of pyridine rings is 1. The van der Waals surface area contributed by atoms with Gasteiger partial charge in [-0.05, 0) is 42.1 Å². The van der Waals surface area contributed by atoms with E-state index in [1.807, 2.05) is 6.07 Å². The zero-order valence-electron chi connectivity index (χ0n) is 17.0. The number of hydrogen-bond donors (Lipinski definition) is 2. The lowest BCUT2D eigenvalue weighted by atomic mass is 10.0. The largest absolute Gasteiger partial charge is 0.497 e. The highest BCUT2D eigenvalue weighted by Gasteiger charge is 2.24. The van der Waals surface area contributed by atoms with Crippen LogP contribution >= 0.6 is 12.4 Å². The molecule has 7 heteroatoms. The van der Waals surface area contributed by atoms with Crippen molar-refractivity contribution in [3.8, 4) is 5.75 Å². The van der Waals surface area contributed by atoms with Gasteiger partial charge in [0.25, 0.3) is 5.91 Å². The predicted octanol–water partition coefficient (Wildman–Crippen LogP) is 3.26. The van der Waals surface area contributed by atoms with Gasteiger partial charge in [0, 0.05) is 61.3 Å². The third-order valence-electron chi connectivity index (χ3n) is 5.43. The van der Waals surface area contributed by atoms with E-state index in [4.69, 9.17) is 4.74 Å². The minimum atomic E-state index is -0.0578. The molecule has 0 radical (unpaired) electrons. The average molecular weight is 427 g/mol. The maximum Gasteiger partial charge on any atom is 0.251 e. The van der Waals surface area contributed by atoms with Gasteiger partial charge in [0.05, 0.1) is 7.11 Å². The van der Waals surface area contributed by atoms with Crippen LogP contribution in [-0.4, -0.2) is 50.2 Å². The number of carbonyl (C=O) groups is 1. The van der Waals surface area contributed by atoms with Gasteiger partial charge < -0.3 is 20.3 Å². The van der Waals surface area contributed by atoms with E-state index < -0.39 is 0 Å². The molecule has 1 aromatic heterocycles. The summed E-state index contributed by atoms with van der Waals surface area (Å²) in [6.07, 6.45) is 4.14. The molecule has 0 aliphatic carbocycles. The summed E-state index contributed by atoms with van der Waals surface area (Å²) in [5.74, 6) is 0.805. The van der Waals surface area contributed by atoms with Gasteiger partial charge in [-0.25, -0.2) is 0 Å². The first-order chi connectivity index (χ1) is 14.3. The number of amides is 1. The van der Waals surface area contributed by atoms with Crippen molar-refractivity contribution < 1.29 is 9.53 Å². The van der Waals surface area contributed by atoms with E-state index in [1.54, 1.807) is 31.6 Å². The fraction of sp³-hybridized carbons (Fsp3) is 0.304. The number of halogens is 1. The highest BCUT2D eigenvalue weighted by Crippen LogP contribution is 2.32. The Hall–Kier alpha value is -2.83. The van der Waals surface area contributed by atoms with Crippen molar-refractivity contribution in [2.24, 2.45) is 0 Å². The molecule has 0 bridgehead atoms. The third kappa shape index (κ3) is 4.83. The molecule has 1 amide bonds. The number of aromatic nitrogens is 1. The Balaban J connectivity index is 0.00000256. The van der Waals surface area contributed by atoms with Crippen LogP contribution in [0.5, 0.6) is 5.75 Å². The number of nitrogens with one attached hydrogen (secondary N) is 2. The van der Waals surface area contributed by atoms with Crippen LogP contribution in [0, 0.1) is 0 Å². The number of anilines is 1. The van der Waals surface area contributed by atoms with Crippen molar-refractivity contribution in [2.75, 3.05) is 38.2 Å². The first-order valence-corrected chi connectivity index (χ1v) is 9.98. The van der Waals surface area contributed by atoms with E-state index in [9.17, 15) is 4.79 Å². The van der Waals surface area contributed by atoms with Crippen LogP contribution in [0.15, 0.2) is 60.9 Å². The van der Waals surface area contributed by atoms with E-state index in [0.29, 0.717) is 18.2 Å². The molecule has 2 aromatic carbocycles. The summed E-state index contributed by atoms with van der Waals surface area (Å²) in [5.41, 5.74) is 1.85. The topological polar surface area (TPSA) is 66.5 Å². The highest BCUT2D eigenvalue weighted by atomic mass is 35.5. The summed E-state index contributed by atoms with van der Waals surface area (Å²) in [7, 11) is 1.70. The standard InChI is InChI=1S/C23H26N4O2.ClH/c1-29-20-6-5-17-3-2-4-22(21(17)15-20)27-14-13-25-16-19(27)9-12-26-23(28)18-7-10-24-11-8-18;/h2-8,10-11,15,19,25H,9,12-14,16H2,1H3,(H,26,28);1H. The number of fused-ring (bicyclic) bond motifs is 1. The van der Waals surface area contributed by atoms with Crippen molar-refractivity contribution in [1.29, 1.82) is 0 Å². The smallest absolute Gasteiger partial charge is 0.251 e. The fourth-order valence-electron chi connectivity index (χ4n) is 3.91. The lowest BCUT2D eigenvalue weighted by molar-refractivity contribution is 0.0952. The van der Waals surface area contributed by atoms with E-state index in [0.717, 1.165) is 31.8 Å². The average Bonchev–Trinajstić information content (AvgIpc) is 2.79. The minimum Gasteiger partial charge on any atom is -0.497 e. The van der Waals surface area contributed by atoms with Crippen LogP contribution in [0.1, 0.15) is 16.8 Å². The molecule has 0 saturated carbocycles. The van der Waals surface area contributed by atoms with Crippen molar-refractivity contribution in [1.82, 2.24) is 15.6 Å². The summed E-state index contributed by atoms with van der Waals surface area (Å²) in [5, 5.41) is 8.91. The second-order valence-corrected chi connectivity index (χ2v) is 7.20. The summed E-state index contributed by atoms with van der Waals surface area (Å²) < 4.78 is 5.44. The number of benzene rings is 2. The van der Waals surface area contributed by atoms with E-state index in [1.165, 1.54) is 16.5 Å². The van der Waals surface area contributed by atoms with E-state index >= 15 is 0 Å².